The molecular weight excluding hydrogens is 374 g/mol. The number of hydrogen-bond donors (Lipinski definition) is 0. The SMILES string of the molecule is CCOC(=O)c1c(N=Cc2ccc(Br)cc2)sc2c1CCCC2. The van der Waals surface area contributed by atoms with E-state index in [0.29, 0.717) is 12.2 Å². The Morgan fingerprint density at radius 3 is 2.78 bits per heavy atom. The molecule has 120 valence electrons. The number of rotatable bonds is 4. The average molecular weight is 392 g/mol. The maximum absolute atomic E-state index is 12.4. The molecule has 0 radical (unpaired) electrons. The first-order chi connectivity index (χ1) is 11.2. The van der Waals surface area contributed by atoms with Gasteiger partial charge in [0.25, 0.3) is 0 Å². The van der Waals surface area contributed by atoms with Gasteiger partial charge in [0.2, 0.25) is 0 Å². The molecule has 0 amide bonds. The van der Waals surface area contributed by atoms with Crippen molar-refractivity contribution in [1.82, 2.24) is 0 Å². The lowest BCUT2D eigenvalue weighted by Gasteiger charge is -2.11. The molecule has 1 aliphatic rings. The van der Waals surface area contributed by atoms with E-state index in [1.807, 2.05) is 37.4 Å². The third-order valence-electron chi connectivity index (χ3n) is 3.83. The molecule has 0 aliphatic heterocycles. The summed E-state index contributed by atoms with van der Waals surface area (Å²) in [5, 5.41) is 0.776. The van der Waals surface area contributed by atoms with Crippen LogP contribution in [0.5, 0.6) is 0 Å². The molecule has 1 aliphatic carbocycles. The maximum Gasteiger partial charge on any atom is 0.341 e. The van der Waals surface area contributed by atoms with E-state index in [-0.39, 0.29) is 5.97 Å². The van der Waals surface area contributed by atoms with Gasteiger partial charge in [-0.05, 0) is 55.9 Å². The van der Waals surface area contributed by atoms with Crippen LogP contribution < -0.4 is 0 Å². The Morgan fingerprint density at radius 1 is 1.30 bits per heavy atom. The van der Waals surface area contributed by atoms with E-state index >= 15 is 0 Å². The van der Waals surface area contributed by atoms with Crippen LogP contribution in [0.2, 0.25) is 0 Å². The molecule has 0 unspecified atom stereocenters. The molecule has 2 aromatic rings. The molecule has 1 aromatic heterocycles. The van der Waals surface area contributed by atoms with Crippen LogP contribution in [-0.2, 0) is 17.6 Å². The van der Waals surface area contributed by atoms with Gasteiger partial charge in [0, 0.05) is 15.6 Å². The van der Waals surface area contributed by atoms with Crippen molar-refractivity contribution in [3.8, 4) is 0 Å². The number of esters is 1. The van der Waals surface area contributed by atoms with E-state index in [0.717, 1.165) is 39.9 Å². The van der Waals surface area contributed by atoms with Gasteiger partial charge in [-0.2, -0.15) is 0 Å². The van der Waals surface area contributed by atoms with Gasteiger partial charge in [-0.3, -0.25) is 0 Å². The predicted molar refractivity (Wildman–Crippen MR) is 98.3 cm³/mol. The van der Waals surface area contributed by atoms with Gasteiger partial charge in [-0.25, -0.2) is 9.79 Å². The molecule has 0 saturated carbocycles. The lowest BCUT2D eigenvalue weighted by atomic mass is 9.95. The van der Waals surface area contributed by atoms with Gasteiger partial charge in [-0.15, -0.1) is 11.3 Å². The average Bonchev–Trinajstić information content (AvgIpc) is 2.93. The molecular formula is C18H18BrNO2S. The van der Waals surface area contributed by atoms with Crippen molar-refractivity contribution in [2.75, 3.05) is 6.61 Å². The zero-order valence-corrected chi connectivity index (χ0v) is 15.4. The minimum Gasteiger partial charge on any atom is -0.462 e. The molecule has 1 heterocycles. The van der Waals surface area contributed by atoms with Crippen molar-refractivity contribution in [1.29, 1.82) is 0 Å². The van der Waals surface area contributed by atoms with Gasteiger partial charge in [0.1, 0.15) is 5.00 Å². The Labute approximate surface area is 148 Å². The first kappa shape index (κ1) is 16.4. The van der Waals surface area contributed by atoms with E-state index in [9.17, 15) is 4.79 Å². The zero-order chi connectivity index (χ0) is 16.2. The Kier molecular flexibility index (Phi) is 5.28. The number of fused-ring (bicyclic) bond motifs is 1. The number of aryl methyl sites for hydroxylation is 1. The van der Waals surface area contributed by atoms with Crippen molar-refractivity contribution in [2.45, 2.75) is 32.6 Å². The van der Waals surface area contributed by atoms with Gasteiger partial charge < -0.3 is 4.74 Å². The van der Waals surface area contributed by atoms with Crippen molar-refractivity contribution in [3.05, 3.63) is 50.3 Å². The van der Waals surface area contributed by atoms with Gasteiger partial charge in [0.05, 0.1) is 12.2 Å². The van der Waals surface area contributed by atoms with Crippen LogP contribution in [-0.4, -0.2) is 18.8 Å². The summed E-state index contributed by atoms with van der Waals surface area (Å²) in [5.74, 6) is -0.241. The van der Waals surface area contributed by atoms with Gasteiger partial charge in [0.15, 0.2) is 0 Å². The smallest absolute Gasteiger partial charge is 0.341 e. The molecule has 23 heavy (non-hydrogen) atoms. The highest BCUT2D eigenvalue weighted by atomic mass is 79.9. The molecule has 0 atom stereocenters. The molecule has 0 saturated heterocycles. The summed E-state index contributed by atoms with van der Waals surface area (Å²) in [6.07, 6.45) is 6.12. The number of nitrogens with zero attached hydrogens (tertiary/aromatic N) is 1. The fourth-order valence-electron chi connectivity index (χ4n) is 2.74. The monoisotopic (exact) mass is 391 g/mol. The summed E-state index contributed by atoms with van der Waals surface area (Å²) < 4.78 is 6.28. The summed E-state index contributed by atoms with van der Waals surface area (Å²) in [7, 11) is 0. The number of halogens is 1. The van der Waals surface area contributed by atoms with Crippen LogP contribution in [0, 0.1) is 0 Å². The first-order valence-electron chi connectivity index (χ1n) is 7.80. The Bertz CT molecular complexity index is 734. The maximum atomic E-state index is 12.4. The fraction of sp³-hybridized carbons (Fsp3) is 0.333. The summed E-state index contributed by atoms with van der Waals surface area (Å²) >= 11 is 5.05. The molecule has 3 rings (SSSR count). The molecule has 1 aromatic carbocycles. The van der Waals surface area contributed by atoms with Crippen LogP contribution in [0.25, 0.3) is 0 Å². The Hall–Kier alpha value is -1.46. The van der Waals surface area contributed by atoms with Gasteiger partial charge in [-0.1, -0.05) is 28.1 Å². The van der Waals surface area contributed by atoms with Crippen molar-refractivity contribution < 1.29 is 9.53 Å². The summed E-state index contributed by atoms with van der Waals surface area (Å²) in [4.78, 5) is 18.2. The summed E-state index contributed by atoms with van der Waals surface area (Å²) in [6.45, 7) is 2.22. The second-order valence-electron chi connectivity index (χ2n) is 5.42. The highest BCUT2D eigenvalue weighted by molar-refractivity contribution is 9.10. The largest absolute Gasteiger partial charge is 0.462 e. The summed E-state index contributed by atoms with van der Waals surface area (Å²) in [6, 6.07) is 7.94. The molecule has 0 N–H and O–H groups in total. The standard InChI is InChI=1S/C18H18BrNO2S/c1-2-22-18(21)16-14-5-3-4-6-15(14)23-17(16)20-11-12-7-9-13(19)10-8-12/h7-11H,2-6H2,1H3. The number of carbonyl (C=O) groups is 1. The minimum atomic E-state index is -0.241. The summed E-state index contributed by atoms with van der Waals surface area (Å²) in [5.41, 5.74) is 2.84. The third kappa shape index (κ3) is 3.72. The van der Waals surface area contributed by atoms with Crippen LogP contribution in [0.15, 0.2) is 33.7 Å². The highest BCUT2D eigenvalue weighted by Crippen LogP contribution is 2.40. The Balaban J connectivity index is 1.95. The second-order valence-corrected chi connectivity index (χ2v) is 7.42. The first-order valence-corrected chi connectivity index (χ1v) is 9.41. The van der Waals surface area contributed by atoms with Crippen LogP contribution in [0.3, 0.4) is 0 Å². The number of hydrogen-bond acceptors (Lipinski definition) is 4. The van der Waals surface area contributed by atoms with E-state index < -0.39 is 0 Å². The third-order valence-corrected chi connectivity index (χ3v) is 5.56. The van der Waals surface area contributed by atoms with E-state index in [1.165, 1.54) is 11.3 Å². The van der Waals surface area contributed by atoms with Crippen LogP contribution in [0.1, 0.15) is 46.1 Å². The van der Waals surface area contributed by atoms with E-state index in [2.05, 4.69) is 20.9 Å². The van der Waals surface area contributed by atoms with Crippen molar-refractivity contribution >= 4 is 44.5 Å². The van der Waals surface area contributed by atoms with Crippen LogP contribution in [0.4, 0.5) is 5.00 Å². The van der Waals surface area contributed by atoms with Crippen molar-refractivity contribution in [2.24, 2.45) is 4.99 Å². The fourth-order valence-corrected chi connectivity index (χ4v) is 4.22. The number of ether oxygens (including phenoxy) is 1. The molecule has 5 heteroatoms. The second kappa shape index (κ2) is 7.41. The topological polar surface area (TPSA) is 38.7 Å². The molecule has 0 spiro atoms. The number of thiophene rings is 1. The highest BCUT2D eigenvalue weighted by Gasteiger charge is 2.25. The number of benzene rings is 1. The number of carbonyl (C=O) groups excluding carboxylic acids is 1. The molecule has 0 bridgehead atoms. The molecule has 0 fully saturated rings. The van der Waals surface area contributed by atoms with Gasteiger partial charge >= 0.3 is 5.97 Å². The minimum absolute atomic E-state index is 0.241. The number of aliphatic imine (C=N–C) groups is 1. The predicted octanol–water partition coefficient (Wildman–Crippen LogP) is 5.32. The normalized spacial score (nSPS) is 14.0. The Morgan fingerprint density at radius 2 is 2.04 bits per heavy atom. The van der Waals surface area contributed by atoms with Crippen LogP contribution >= 0.6 is 27.3 Å². The van der Waals surface area contributed by atoms with E-state index in [1.54, 1.807) is 11.3 Å². The lowest BCUT2D eigenvalue weighted by Crippen LogP contribution is -2.09. The van der Waals surface area contributed by atoms with E-state index in [4.69, 9.17) is 4.74 Å². The molecule has 3 nitrogen and oxygen atoms in total. The lowest BCUT2D eigenvalue weighted by molar-refractivity contribution is 0.0526. The quantitative estimate of drug-likeness (QED) is 0.522. The zero-order valence-electron chi connectivity index (χ0n) is 13.0. The van der Waals surface area contributed by atoms with Crippen molar-refractivity contribution in [3.63, 3.8) is 0 Å².